The lowest BCUT2D eigenvalue weighted by Gasteiger charge is -2.34. The molecule has 1 aliphatic heterocycles. The van der Waals surface area contributed by atoms with Gasteiger partial charge in [-0.25, -0.2) is 0 Å². The van der Waals surface area contributed by atoms with Crippen molar-refractivity contribution in [3.8, 4) is 5.69 Å². The molecular formula is C37H53ClN2O3. The predicted octanol–water partition coefficient (Wildman–Crippen LogP) is 9.02. The van der Waals surface area contributed by atoms with Gasteiger partial charge >= 0.3 is 0 Å². The molecule has 0 bridgehead atoms. The van der Waals surface area contributed by atoms with E-state index in [1.165, 1.54) is 68.5 Å². The average Bonchev–Trinajstić information content (AvgIpc) is 3.27. The van der Waals surface area contributed by atoms with Crippen LogP contribution in [0.5, 0.6) is 0 Å². The molecule has 1 fully saturated rings. The SMILES string of the molecule is CC(C)=O.CCC1=CC=CC(C2CCc3cccn3-c3ccc(Cl)cc32)C1OC.CCNC(=O)CC1CCCC(C)CC1. The van der Waals surface area contributed by atoms with Crippen molar-refractivity contribution >= 4 is 23.3 Å². The van der Waals surface area contributed by atoms with Gasteiger partial charge in [0.2, 0.25) is 5.91 Å². The number of hydrogen-bond acceptors (Lipinski definition) is 3. The van der Waals surface area contributed by atoms with E-state index < -0.39 is 0 Å². The van der Waals surface area contributed by atoms with Crippen molar-refractivity contribution in [2.24, 2.45) is 17.8 Å². The van der Waals surface area contributed by atoms with Gasteiger partial charge in [-0.05, 0) is 112 Å². The number of halogens is 1. The van der Waals surface area contributed by atoms with E-state index in [0.29, 0.717) is 17.8 Å². The number of rotatable bonds is 6. The van der Waals surface area contributed by atoms with Crippen molar-refractivity contribution in [1.82, 2.24) is 9.88 Å². The van der Waals surface area contributed by atoms with Crippen molar-refractivity contribution in [1.29, 1.82) is 0 Å². The lowest BCUT2D eigenvalue weighted by atomic mass is 9.75. The van der Waals surface area contributed by atoms with Crippen LogP contribution in [-0.2, 0) is 20.7 Å². The summed E-state index contributed by atoms with van der Waals surface area (Å²) >= 11 is 6.39. The first-order chi connectivity index (χ1) is 20.7. The summed E-state index contributed by atoms with van der Waals surface area (Å²) in [6.07, 6.45) is 19.5. The van der Waals surface area contributed by atoms with Gasteiger partial charge in [0.1, 0.15) is 5.78 Å². The Bertz CT molecular complexity index is 1240. The minimum Gasteiger partial charge on any atom is -0.376 e. The van der Waals surface area contributed by atoms with E-state index in [4.69, 9.17) is 16.3 Å². The normalized spacial score (nSPS) is 24.3. The summed E-state index contributed by atoms with van der Waals surface area (Å²) in [7, 11) is 1.83. The van der Waals surface area contributed by atoms with Crippen molar-refractivity contribution < 1.29 is 14.3 Å². The van der Waals surface area contributed by atoms with E-state index in [9.17, 15) is 9.59 Å². The second-order valence-corrected chi connectivity index (χ2v) is 12.9. The summed E-state index contributed by atoms with van der Waals surface area (Å²) in [4.78, 5) is 20.8. The van der Waals surface area contributed by atoms with E-state index in [-0.39, 0.29) is 17.8 Å². The Balaban J connectivity index is 0.000000238. The van der Waals surface area contributed by atoms with Crippen LogP contribution in [0.15, 0.2) is 60.3 Å². The third kappa shape index (κ3) is 10.2. The molecule has 2 heterocycles. The number of allylic oxidation sites excluding steroid dienone is 2. The third-order valence-electron chi connectivity index (χ3n) is 8.90. The molecule has 0 spiro atoms. The Morgan fingerprint density at radius 1 is 1.07 bits per heavy atom. The third-order valence-corrected chi connectivity index (χ3v) is 9.14. The first-order valence-electron chi connectivity index (χ1n) is 16.3. The molecule has 1 N–H and O–H groups in total. The molecular weight excluding hydrogens is 556 g/mol. The molecule has 5 atom stereocenters. The van der Waals surface area contributed by atoms with Gasteiger partial charge in [0, 0.05) is 48.6 Å². The lowest BCUT2D eigenvalue weighted by Crippen LogP contribution is -2.30. The molecule has 0 radical (unpaired) electrons. The molecule has 1 saturated carbocycles. The van der Waals surface area contributed by atoms with Crippen LogP contribution in [0.4, 0.5) is 0 Å². The smallest absolute Gasteiger partial charge is 0.220 e. The topological polar surface area (TPSA) is 60.3 Å². The van der Waals surface area contributed by atoms with Gasteiger partial charge < -0.3 is 19.4 Å². The summed E-state index contributed by atoms with van der Waals surface area (Å²) < 4.78 is 8.26. The molecule has 5 nitrogen and oxygen atoms in total. The average molecular weight is 609 g/mol. The number of ether oxygens (including phenoxy) is 1. The van der Waals surface area contributed by atoms with Crippen LogP contribution >= 0.6 is 11.6 Å². The van der Waals surface area contributed by atoms with E-state index in [1.54, 1.807) is 0 Å². The van der Waals surface area contributed by atoms with Gasteiger partial charge in [0.05, 0.1) is 6.10 Å². The zero-order chi connectivity index (χ0) is 31.4. The molecule has 1 aromatic carbocycles. The van der Waals surface area contributed by atoms with E-state index >= 15 is 0 Å². The quantitative estimate of drug-likeness (QED) is 0.333. The molecule has 1 aromatic heterocycles. The Morgan fingerprint density at radius 2 is 1.84 bits per heavy atom. The summed E-state index contributed by atoms with van der Waals surface area (Å²) in [6, 6.07) is 10.7. The zero-order valence-corrected chi connectivity index (χ0v) is 28.0. The van der Waals surface area contributed by atoms with Gasteiger partial charge in [-0.3, -0.25) is 4.79 Å². The molecule has 2 aromatic rings. The van der Waals surface area contributed by atoms with Crippen LogP contribution in [0.2, 0.25) is 5.02 Å². The maximum atomic E-state index is 11.4. The summed E-state index contributed by atoms with van der Waals surface area (Å²) in [6.45, 7) is 10.3. The van der Waals surface area contributed by atoms with E-state index in [2.05, 4.69) is 72.4 Å². The largest absolute Gasteiger partial charge is 0.376 e. The number of nitrogens with one attached hydrogen (secondary N) is 1. The number of carbonyl (C=O) groups is 2. The number of aromatic nitrogens is 1. The highest BCUT2D eigenvalue weighted by atomic mass is 35.5. The summed E-state index contributed by atoms with van der Waals surface area (Å²) in [5.74, 6) is 2.66. The Morgan fingerprint density at radius 3 is 2.53 bits per heavy atom. The number of benzene rings is 1. The highest BCUT2D eigenvalue weighted by molar-refractivity contribution is 6.30. The molecule has 3 aliphatic rings. The van der Waals surface area contributed by atoms with Gasteiger partial charge in [-0.1, -0.05) is 62.9 Å². The number of amides is 1. The second kappa shape index (κ2) is 17.6. The minimum atomic E-state index is 0.143. The van der Waals surface area contributed by atoms with Crippen molar-refractivity contribution in [3.63, 3.8) is 0 Å². The van der Waals surface area contributed by atoms with Crippen LogP contribution in [0.3, 0.4) is 0 Å². The molecule has 5 unspecified atom stereocenters. The van der Waals surface area contributed by atoms with E-state index in [1.807, 2.05) is 20.1 Å². The number of ketones is 1. The monoisotopic (exact) mass is 608 g/mol. The molecule has 236 valence electrons. The number of fused-ring (bicyclic) bond motifs is 3. The van der Waals surface area contributed by atoms with Crippen molar-refractivity contribution in [2.75, 3.05) is 13.7 Å². The number of nitrogens with zero attached hydrogens (tertiary/aromatic N) is 1. The van der Waals surface area contributed by atoms with Crippen molar-refractivity contribution in [2.45, 2.75) is 104 Å². The maximum absolute atomic E-state index is 11.4. The Hall–Kier alpha value is -2.63. The molecule has 2 aliphatic carbocycles. The Kier molecular flexibility index (Phi) is 14.3. The van der Waals surface area contributed by atoms with Gasteiger partial charge in [-0.2, -0.15) is 0 Å². The zero-order valence-electron chi connectivity index (χ0n) is 27.2. The van der Waals surface area contributed by atoms with Gasteiger partial charge in [-0.15, -0.1) is 0 Å². The van der Waals surface area contributed by atoms with E-state index in [0.717, 1.165) is 43.2 Å². The minimum absolute atomic E-state index is 0.143. The first-order valence-corrected chi connectivity index (χ1v) is 16.7. The number of Topliss-reactive ketones (excluding diaryl/α,β-unsaturated/α-hetero) is 1. The molecule has 43 heavy (non-hydrogen) atoms. The van der Waals surface area contributed by atoms with Crippen LogP contribution in [0.25, 0.3) is 5.69 Å². The predicted molar refractivity (Wildman–Crippen MR) is 179 cm³/mol. The number of aryl methyl sites for hydroxylation is 1. The highest BCUT2D eigenvalue weighted by Crippen LogP contribution is 2.43. The highest BCUT2D eigenvalue weighted by Gasteiger charge is 2.35. The van der Waals surface area contributed by atoms with Crippen LogP contribution in [0.1, 0.15) is 103 Å². The molecule has 1 amide bonds. The first kappa shape index (κ1) is 34.9. The van der Waals surface area contributed by atoms with Crippen LogP contribution in [0, 0.1) is 17.8 Å². The number of methoxy groups -OCH3 is 1. The van der Waals surface area contributed by atoms with Gasteiger partial charge in [0.15, 0.2) is 0 Å². The fourth-order valence-electron chi connectivity index (χ4n) is 6.78. The molecule has 0 saturated heterocycles. The number of carbonyl (C=O) groups excluding carboxylic acids is 2. The molecule has 5 rings (SSSR count). The van der Waals surface area contributed by atoms with Gasteiger partial charge in [0.25, 0.3) is 0 Å². The van der Waals surface area contributed by atoms with Crippen LogP contribution < -0.4 is 5.32 Å². The standard InChI is InChI=1S/C22H24ClNO.C12H23NO.C3H6O/c1-3-15-6-4-8-19(22(15)25-2)18-11-10-17-7-5-13-24(17)21-12-9-16(23)14-20(18)21;1-3-13-12(14)9-11-6-4-5-10(2)7-8-11;1-3(2)4/h4-9,12-14,18-19,22H,3,10-11H2,1-2H3;10-11H,3-9H2,1-2H3,(H,13,14);1-2H3. The fraction of sp³-hybridized carbons (Fsp3) is 0.568. The van der Waals surface area contributed by atoms with Crippen LogP contribution in [-0.4, -0.2) is 36.0 Å². The second-order valence-electron chi connectivity index (χ2n) is 12.5. The number of hydrogen-bond donors (Lipinski definition) is 1. The Labute approximate surface area is 265 Å². The maximum Gasteiger partial charge on any atom is 0.220 e. The summed E-state index contributed by atoms with van der Waals surface area (Å²) in [5, 5.41) is 3.69. The summed E-state index contributed by atoms with van der Waals surface area (Å²) in [5.41, 5.74) is 5.33. The molecule has 6 heteroatoms. The lowest BCUT2D eigenvalue weighted by molar-refractivity contribution is -0.122. The van der Waals surface area contributed by atoms with Crippen molar-refractivity contribution in [3.05, 3.63) is 76.6 Å². The fourth-order valence-corrected chi connectivity index (χ4v) is 6.96.